The van der Waals surface area contributed by atoms with Gasteiger partial charge in [0.05, 0.1) is 13.1 Å². The van der Waals surface area contributed by atoms with Crippen LogP contribution in [0, 0.1) is 0 Å². The SMILES string of the molecule is NC(CN(CCn1cccn1)C1CCCC1)=NO. The minimum absolute atomic E-state index is 0.280. The quantitative estimate of drug-likeness (QED) is 0.340. The summed E-state index contributed by atoms with van der Waals surface area (Å²) in [5, 5.41) is 16.0. The first-order valence-corrected chi connectivity index (χ1v) is 6.47. The van der Waals surface area contributed by atoms with E-state index in [1.54, 1.807) is 6.20 Å². The van der Waals surface area contributed by atoms with E-state index in [2.05, 4.69) is 15.2 Å². The molecule has 0 radical (unpaired) electrons. The number of amidine groups is 1. The molecule has 1 saturated carbocycles. The molecule has 0 unspecified atom stereocenters. The van der Waals surface area contributed by atoms with Crippen molar-refractivity contribution < 1.29 is 5.21 Å². The predicted molar refractivity (Wildman–Crippen MR) is 69.5 cm³/mol. The summed E-state index contributed by atoms with van der Waals surface area (Å²) >= 11 is 0. The Hall–Kier alpha value is -1.56. The van der Waals surface area contributed by atoms with Crippen molar-refractivity contribution in [3.63, 3.8) is 0 Å². The van der Waals surface area contributed by atoms with Crippen molar-refractivity contribution in [3.05, 3.63) is 18.5 Å². The summed E-state index contributed by atoms with van der Waals surface area (Å²) in [6, 6.07) is 2.48. The Labute approximate surface area is 107 Å². The lowest BCUT2D eigenvalue weighted by molar-refractivity contribution is 0.211. The van der Waals surface area contributed by atoms with Crippen LogP contribution in [0.5, 0.6) is 0 Å². The Morgan fingerprint density at radius 1 is 1.50 bits per heavy atom. The van der Waals surface area contributed by atoms with Gasteiger partial charge in [-0.05, 0) is 18.9 Å². The topological polar surface area (TPSA) is 79.7 Å². The Balaban J connectivity index is 1.90. The zero-order valence-electron chi connectivity index (χ0n) is 10.6. The van der Waals surface area contributed by atoms with Gasteiger partial charge in [-0.15, -0.1) is 0 Å². The van der Waals surface area contributed by atoms with Crippen molar-refractivity contribution in [1.29, 1.82) is 0 Å². The molecule has 0 amide bonds. The maximum Gasteiger partial charge on any atom is 0.153 e. The second-order valence-electron chi connectivity index (χ2n) is 4.77. The summed E-state index contributed by atoms with van der Waals surface area (Å²) in [6.45, 7) is 2.24. The first-order valence-electron chi connectivity index (χ1n) is 6.47. The molecule has 3 N–H and O–H groups in total. The largest absolute Gasteiger partial charge is 0.409 e. The minimum Gasteiger partial charge on any atom is -0.409 e. The van der Waals surface area contributed by atoms with Gasteiger partial charge in [-0.3, -0.25) is 9.58 Å². The summed E-state index contributed by atoms with van der Waals surface area (Å²) in [7, 11) is 0. The Kier molecular flexibility index (Phi) is 4.58. The normalized spacial score (nSPS) is 17.7. The first kappa shape index (κ1) is 12.9. The lowest BCUT2D eigenvalue weighted by Gasteiger charge is -2.28. The molecule has 0 bridgehead atoms. The Morgan fingerprint density at radius 3 is 2.89 bits per heavy atom. The van der Waals surface area contributed by atoms with Gasteiger partial charge < -0.3 is 10.9 Å². The van der Waals surface area contributed by atoms with Gasteiger partial charge in [0.25, 0.3) is 0 Å². The Bertz CT molecular complexity index is 370. The average molecular weight is 251 g/mol. The van der Waals surface area contributed by atoms with Gasteiger partial charge in [0.15, 0.2) is 5.84 Å². The summed E-state index contributed by atoms with van der Waals surface area (Å²) in [4.78, 5) is 2.30. The van der Waals surface area contributed by atoms with E-state index in [0.717, 1.165) is 13.1 Å². The van der Waals surface area contributed by atoms with Gasteiger partial charge in [0.1, 0.15) is 0 Å². The molecule has 100 valence electrons. The molecule has 6 nitrogen and oxygen atoms in total. The fourth-order valence-corrected chi connectivity index (χ4v) is 2.56. The van der Waals surface area contributed by atoms with Gasteiger partial charge in [-0.1, -0.05) is 18.0 Å². The smallest absolute Gasteiger partial charge is 0.153 e. The molecular weight excluding hydrogens is 230 g/mol. The molecule has 1 aliphatic carbocycles. The van der Waals surface area contributed by atoms with E-state index in [-0.39, 0.29) is 5.84 Å². The lowest BCUT2D eigenvalue weighted by atomic mass is 10.2. The van der Waals surface area contributed by atoms with Crippen molar-refractivity contribution in [2.75, 3.05) is 13.1 Å². The van der Waals surface area contributed by atoms with Crippen LogP contribution in [-0.4, -0.2) is 44.9 Å². The van der Waals surface area contributed by atoms with Gasteiger partial charge in [0.2, 0.25) is 0 Å². The highest BCUT2D eigenvalue weighted by Crippen LogP contribution is 2.23. The summed E-state index contributed by atoms with van der Waals surface area (Å²) in [5.74, 6) is 0.280. The maximum absolute atomic E-state index is 8.70. The minimum atomic E-state index is 0.280. The number of nitrogens with zero attached hydrogens (tertiary/aromatic N) is 4. The molecular formula is C12H21N5O. The van der Waals surface area contributed by atoms with E-state index < -0.39 is 0 Å². The third-order valence-electron chi connectivity index (χ3n) is 3.51. The number of rotatable bonds is 6. The van der Waals surface area contributed by atoms with E-state index in [1.807, 2.05) is 16.9 Å². The van der Waals surface area contributed by atoms with Crippen LogP contribution in [0.15, 0.2) is 23.6 Å². The standard InChI is InChI=1S/C12H21N5O/c13-12(15-18)10-16(11-4-1-2-5-11)8-9-17-7-3-6-14-17/h3,6-7,11,18H,1-2,4-5,8-10H2,(H2,13,15). The van der Waals surface area contributed by atoms with Crippen LogP contribution in [0.1, 0.15) is 25.7 Å². The highest BCUT2D eigenvalue weighted by Gasteiger charge is 2.23. The molecule has 0 atom stereocenters. The zero-order valence-corrected chi connectivity index (χ0v) is 10.6. The van der Waals surface area contributed by atoms with Crippen molar-refractivity contribution in [1.82, 2.24) is 14.7 Å². The number of nitrogens with two attached hydrogens (primary N) is 1. The van der Waals surface area contributed by atoms with Crippen molar-refractivity contribution in [2.45, 2.75) is 38.3 Å². The fourth-order valence-electron chi connectivity index (χ4n) is 2.56. The number of hydrogen-bond donors (Lipinski definition) is 2. The fraction of sp³-hybridized carbons (Fsp3) is 0.667. The van der Waals surface area contributed by atoms with E-state index >= 15 is 0 Å². The second kappa shape index (κ2) is 6.39. The van der Waals surface area contributed by atoms with E-state index in [1.165, 1.54) is 25.7 Å². The van der Waals surface area contributed by atoms with Crippen LogP contribution in [0.4, 0.5) is 0 Å². The third-order valence-corrected chi connectivity index (χ3v) is 3.51. The monoisotopic (exact) mass is 251 g/mol. The predicted octanol–water partition coefficient (Wildman–Crippen LogP) is 0.874. The maximum atomic E-state index is 8.70. The molecule has 0 saturated heterocycles. The van der Waals surface area contributed by atoms with E-state index in [9.17, 15) is 0 Å². The Morgan fingerprint density at radius 2 is 2.28 bits per heavy atom. The highest BCUT2D eigenvalue weighted by atomic mass is 16.4. The van der Waals surface area contributed by atoms with Crippen molar-refractivity contribution in [2.24, 2.45) is 10.9 Å². The van der Waals surface area contributed by atoms with E-state index in [4.69, 9.17) is 10.9 Å². The highest BCUT2D eigenvalue weighted by molar-refractivity contribution is 5.81. The summed E-state index contributed by atoms with van der Waals surface area (Å²) < 4.78 is 1.91. The molecule has 0 aromatic carbocycles. The molecule has 1 fully saturated rings. The molecule has 1 aromatic heterocycles. The zero-order chi connectivity index (χ0) is 12.8. The first-order chi connectivity index (χ1) is 8.79. The van der Waals surface area contributed by atoms with Crippen molar-refractivity contribution in [3.8, 4) is 0 Å². The van der Waals surface area contributed by atoms with Gasteiger partial charge in [-0.25, -0.2) is 0 Å². The molecule has 1 aromatic rings. The van der Waals surface area contributed by atoms with Gasteiger partial charge >= 0.3 is 0 Å². The van der Waals surface area contributed by atoms with Crippen molar-refractivity contribution >= 4 is 5.84 Å². The molecule has 6 heteroatoms. The number of oxime groups is 1. The van der Waals surface area contributed by atoms with Crippen LogP contribution in [0.2, 0.25) is 0 Å². The number of hydrogen-bond acceptors (Lipinski definition) is 4. The van der Waals surface area contributed by atoms with Crippen LogP contribution in [0.3, 0.4) is 0 Å². The number of aromatic nitrogens is 2. The third kappa shape index (κ3) is 3.46. The van der Waals surface area contributed by atoms with Gasteiger partial charge in [-0.2, -0.15) is 5.10 Å². The van der Waals surface area contributed by atoms with E-state index in [0.29, 0.717) is 12.6 Å². The molecule has 18 heavy (non-hydrogen) atoms. The second-order valence-corrected chi connectivity index (χ2v) is 4.77. The molecule has 0 spiro atoms. The van der Waals surface area contributed by atoms with Gasteiger partial charge in [0, 0.05) is 25.0 Å². The van der Waals surface area contributed by atoms with Crippen LogP contribution >= 0.6 is 0 Å². The van der Waals surface area contributed by atoms with Crippen LogP contribution < -0.4 is 5.73 Å². The summed E-state index contributed by atoms with van der Waals surface area (Å²) in [5.41, 5.74) is 5.63. The summed E-state index contributed by atoms with van der Waals surface area (Å²) in [6.07, 6.45) is 8.70. The molecule has 1 heterocycles. The molecule has 1 aliphatic rings. The average Bonchev–Trinajstić information content (AvgIpc) is 3.06. The van der Waals surface area contributed by atoms with Crippen LogP contribution in [0.25, 0.3) is 0 Å². The molecule has 2 rings (SSSR count). The lowest BCUT2D eigenvalue weighted by Crippen LogP contribution is -2.42. The molecule has 0 aliphatic heterocycles. The van der Waals surface area contributed by atoms with Crippen LogP contribution in [-0.2, 0) is 6.54 Å².